The predicted octanol–water partition coefficient (Wildman–Crippen LogP) is 2.60. The van der Waals surface area contributed by atoms with E-state index in [4.69, 9.17) is 9.47 Å². The van der Waals surface area contributed by atoms with Gasteiger partial charge in [0.15, 0.2) is 11.5 Å². The van der Waals surface area contributed by atoms with Crippen molar-refractivity contribution in [3.8, 4) is 11.5 Å². The second-order valence-corrected chi connectivity index (χ2v) is 6.80. The average Bonchev–Trinajstić information content (AvgIpc) is 2.79. The monoisotopic (exact) mass is 397 g/mol. The number of piperazine rings is 1. The van der Waals surface area contributed by atoms with Gasteiger partial charge in [-0.05, 0) is 36.4 Å². The van der Waals surface area contributed by atoms with Crippen molar-refractivity contribution < 1.29 is 23.8 Å². The third-order valence-corrected chi connectivity index (χ3v) is 5.02. The molecule has 2 aliphatic heterocycles. The quantitative estimate of drug-likeness (QED) is 0.802. The van der Waals surface area contributed by atoms with Crippen LogP contribution in [0.15, 0.2) is 42.5 Å². The fraction of sp³-hybridized carbons (Fsp3) is 0.333. The van der Waals surface area contributed by atoms with Gasteiger partial charge in [-0.2, -0.15) is 0 Å². The lowest BCUT2D eigenvalue weighted by Gasteiger charge is -2.36. The van der Waals surface area contributed by atoms with Crippen molar-refractivity contribution in [2.24, 2.45) is 0 Å². The number of hydrogen-bond acceptors (Lipinski definition) is 6. The molecule has 0 spiro atoms. The third kappa shape index (κ3) is 4.21. The van der Waals surface area contributed by atoms with Crippen LogP contribution in [0.5, 0.6) is 11.5 Å². The molecule has 1 saturated heterocycles. The average molecular weight is 397 g/mol. The number of anilines is 2. The van der Waals surface area contributed by atoms with Gasteiger partial charge >= 0.3 is 12.0 Å². The zero-order chi connectivity index (χ0) is 20.2. The van der Waals surface area contributed by atoms with Crippen LogP contribution in [0.3, 0.4) is 0 Å². The second kappa shape index (κ2) is 8.30. The van der Waals surface area contributed by atoms with E-state index in [1.54, 1.807) is 29.2 Å². The Morgan fingerprint density at radius 1 is 0.931 bits per heavy atom. The molecule has 2 aromatic carbocycles. The van der Waals surface area contributed by atoms with E-state index < -0.39 is 5.97 Å². The lowest BCUT2D eigenvalue weighted by Crippen LogP contribution is -2.50. The third-order valence-electron chi connectivity index (χ3n) is 5.02. The molecule has 1 fully saturated rings. The Balaban J connectivity index is 1.32. The van der Waals surface area contributed by atoms with Crippen LogP contribution in [0, 0.1) is 0 Å². The van der Waals surface area contributed by atoms with E-state index in [0.717, 1.165) is 30.3 Å². The highest BCUT2D eigenvalue weighted by atomic mass is 16.6. The lowest BCUT2D eigenvalue weighted by molar-refractivity contribution is 0.0600. The standard InChI is InChI=1S/C21H23N3O5/c1-27-20(25)15-2-4-16(5-3-15)22-21(26)24-10-8-23(9-11-24)17-6-7-18-19(14-17)29-13-12-28-18/h2-7,14H,8-13H2,1H3,(H,22,26). The maximum Gasteiger partial charge on any atom is 0.337 e. The molecule has 2 aromatic rings. The van der Waals surface area contributed by atoms with Gasteiger partial charge in [-0.15, -0.1) is 0 Å². The number of esters is 1. The Labute approximate surface area is 168 Å². The maximum absolute atomic E-state index is 12.5. The summed E-state index contributed by atoms with van der Waals surface area (Å²) in [5.74, 6) is 1.14. The van der Waals surface area contributed by atoms with Crippen molar-refractivity contribution in [1.82, 2.24) is 4.90 Å². The van der Waals surface area contributed by atoms with Crippen molar-refractivity contribution in [3.05, 3.63) is 48.0 Å². The van der Waals surface area contributed by atoms with E-state index >= 15 is 0 Å². The van der Waals surface area contributed by atoms with Crippen LogP contribution in [0.25, 0.3) is 0 Å². The van der Waals surface area contributed by atoms with Gasteiger partial charge in [0, 0.05) is 43.6 Å². The summed E-state index contributed by atoms with van der Waals surface area (Å²) in [6.07, 6.45) is 0. The van der Waals surface area contributed by atoms with Gasteiger partial charge < -0.3 is 29.3 Å². The summed E-state index contributed by atoms with van der Waals surface area (Å²) < 4.78 is 15.9. The normalized spacial score (nSPS) is 15.6. The van der Waals surface area contributed by atoms with Crippen LogP contribution >= 0.6 is 0 Å². The molecule has 0 unspecified atom stereocenters. The molecule has 2 amide bonds. The Morgan fingerprint density at radius 3 is 2.31 bits per heavy atom. The fourth-order valence-electron chi connectivity index (χ4n) is 3.41. The second-order valence-electron chi connectivity index (χ2n) is 6.80. The van der Waals surface area contributed by atoms with Crippen LogP contribution < -0.4 is 19.7 Å². The molecule has 4 rings (SSSR count). The van der Waals surface area contributed by atoms with Gasteiger partial charge in [-0.25, -0.2) is 9.59 Å². The first-order valence-electron chi connectivity index (χ1n) is 9.53. The highest BCUT2D eigenvalue weighted by Gasteiger charge is 2.23. The van der Waals surface area contributed by atoms with Gasteiger partial charge in [0.25, 0.3) is 0 Å². The van der Waals surface area contributed by atoms with E-state index in [9.17, 15) is 9.59 Å². The summed E-state index contributed by atoms with van der Waals surface area (Å²) in [7, 11) is 1.34. The number of benzene rings is 2. The van der Waals surface area contributed by atoms with Gasteiger partial charge in [-0.3, -0.25) is 0 Å². The number of nitrogens with one attached hydrogen (secondary N) is 1. The summed E-state index contributed by atoms with van der Waals surface area (Å²) in [4.78, 5) is 28.0. The first-order chi connectivity index (χ1) is 14.1. The number of methoxy groups -OCH3 is 1. The number of rotatable bonds is 3. The minimum atomic E-state index is -0.405. The molecule has 2 aliphatic rings. The minimum Gasteiger partial charge on any atom is -0.486 e. The van der Waals surface area contributed by atoms with E-state index in [0.29, 0.717) is 37.6 Å². The summed E-state index contributed by atoms with van der Waals surface area (Å²) in [5.41, 5.74) is 2.14. The number of nitrogens with zero attached hydrogens (tertiary/aromatic N) is 2. The first kappa shape index (κ1) is 18.9. The molecule has 0 saturated carbocycles. The van der Waals surface area contributed by atoms with Crippen molar-refractivity contribution >= 4 is 23.4 Å². The largest absolute Gasteiger partial charge is 0.486 e. The number of fused-ring (bicyclic) bond motifs is 1. The fourth-order valence-corrected chi connectivity index (χ4v) is 3.41. The predicted molar refractivity (Wildman–Crippen MR) is 108 cm³/mol. The molecule has 0 aliphatic carbocycles. The smallest absolute Gasteiger partial charge is 0.337 e. The van der Waals surface area contributed by atoms with Crippen LogP contribution in [0.2, 0.25) is 0 Å². The van der Waals surface area contributed by atoms with Crippen LogP contribution in [-0.2, 0) is 4.74 Å². The highest BCUT2D eigenvalue weighted by Crippen LogP contribution is 2.34. The molecule has 1 N–H and O–H groups in total. The number of carbonyl (C=O) groups excluding carboxylic acids is 2. The van der Waals surface area contributed by atoms with Crippen molar-refractivity contribution in [2.45, 2.75) is 0 Å². The van der Waals surface area contributed by atoms with Crippen LogP contribution in [0.4, 0.5) is 16.2 Å². The number of carbonyl (C=O) groups is 2. The van der Waals surface area contributed by atoms with Gasteiger partial charge in [0.05, 0.1) is 12.7 Å². The molecule has 0 aromatic heterocycles. The topological polar surface area (TPSA) is 80.3 Å². The summed E-state index contributed by atoms with van der Waals surface area (Å²) >= 11 is 0. The van der Waals surface area contributed by atoms with E-state index in [2.05, 4.69) is 15.0 Å². The Hall–Kier alpha value is -3.42. The van der Waals surface area contributed by atoms with Crippen molar-refractivity contribution in [2.75, 3.05) is 56.7 Å². The molecule has 2 heterocycles. The SMILES string of the molecule is COC(=O)c1ccc(NC(=O)N2CCN(c3ccc4c(c3)OCCO4)CC2)cc1. The highest BCUT2D eigenvalue weighted by molar-refractivity contribution is 5.92. The molecule has 0 radical (unpaired) electrons. The van der Waals surface area contributed by atoms with E-state index in [1.165, 1.54) is 7.11 Å². The molecule has 0 bridgehead atoms. The summed E-state index contributed by atoms with van der Waals surface area (Å²) in [5, 5.41) is 2.87. The van der Waals surface area contributed by atoms with Crippen molar-refractivity contribution in [3.63, 3.8) is 0 Å². The van der Waals surface area contributed by atoms with Crippen LogP contribution in [-0.4, -0.2) is 63.4 Å². The molecular weight excluding hydrogens is 374 g/mol. The minimum absolute atomic E-state index is 0.155. The number of hydrogen-bond donors (Lipinski definition) is 1. The zero-order valence-electron chi connectivity index (χ0n) is 16.2. The van der Waals surface area contributed by atoms with E-state index in [-0.39, 0.29) is 6.03 Å². The molecule has 8 nitrogen and oxygen atoms in total. The number of ether oxygens (including phenoxy) is 3. The van der Waals surface area contributed by atoms with Gasteiger partial charge in [-0.1, -0.05) is 0 Å². The van der Waals surface area contributed by atoms with Crippen LogP contribution in [0.1, 0.15) is 10.4 Å². The number of amides is 2. The summed E-state index contributed by atoms with van der Waals surface area (Å²) in [6, 6.07) is 12.4. The Bertz CT molecular complexity index is 892. The molecule has 0 atom stereocenters. The van der Waals surface area contributed by atoms with E-state index in [1.807, 2.05) is 18.2 Å². The molecule has 152 valence electrons. The molecule has 29 heavy (non-hydrogen) atoms. The molecule has 8 heteroatoms. The maximum atomic E-state index is 12.5. The number of urea groups is 1. The Morgan fingerprint density at radius 2 is 1.62 bits per heavy atom. The van der Waals surface area contributed by atoms with Gasteiger partial charge in [0.1, 0.15) is 13.2 Å². The Kier molecular flexibility index (Phi) is 5.41. The summed E-state index contributed by atoms with van der Waals surface area (Å²) in [6.45, 7) is 3.82. The van der Waals surface area contributed by atoms with Gasteiger partial charge in [0.2, 0.25) is 0 Å². The van der Waals surface area contributed by atoms with Crippen molar-refractivity contribution in [1.29, 1.82) is 0 Å². The zero-order valence-corrected chi connectivity index (χ0v) is 16.2. The molecular formula is C21H23N3O5. The first-order valence-corrected chi connectivity index (χ1v) is 9.53. The lowest BCUT2D eigenvalue weighted by atomic mass is 10.2.